The molecule has 1 aromatic rings. The predicted octanol–water partition coefficient (Wildman–Crippen LogP) is 4.32. The first-order valence-electron chi connectivity index (χ1n) is 7.85. The maximum Gasteiger partial charge on any atom is 0.191 e. The molecule has 0 radical (unpaired) electrons. The predicted molar refractivity (Wildman–Crippen MR) is 93.4 cm³/mol. The quantitative estimate of drug-likeness (QED) is 0.733. The number of nitrogens with one attached hydrogen (secondary N) is 1. The molecule has 5 heteroatoms. The second kappa shape index (κ2) is 7.57. The number of anilines is 1. The molecule has 1 unspecified atom stereocenters. The third-order valence-corrected chi connectivity index (χ3v) is 8.97. The second-order valence-corrected chi connectivity index (χ2v) is 12.2. The first kappa shape index (κ1) is 19.1. The van der Waals surface area contributed by atoms with Gasteiger partial charge in [-0.15, -0.1) is 0 Å². The molecule has 0 aliphatic rings. The number of aryl methyl sites for hydroxylation is 1. The van der Waals surface area contributed by atoms with Gasteiger partial charge in [0.15, 0.2) is 8.32 Å². The lowest BCUT2D eigenvalue weighted by molar-refractivity contribution is 0.145. The summed E-state index contributed by atoms with van der Waals surface area (Å²) in [5.74, 6) is -0.235. The molecule has 0 saturated heterocycles. The van der Waals surface area contributed by atoms with Crippen molar-refractivity contribution in [3.63, 3.8) is 0 Å². The van der Waals surface area contributed by atoms with Crippen LogP contribution in [0.4, 0.5) is 10.1 Å². The number of rotatable bonds is 7. The monoisotopic (exact) mass is 327 g/mol. The topological polar surface area (TPSA) is 41.5 Å². The van der Waals surface area contributed by atoms with Gasteiger partial charge < -0.3 is 14.8 Å². The van der Waals surface area contributed by atoms with Gasteiger partial charge in [-0.2, -0.15) is 0 Å². The van der Waals surface area contributed by atoms with Crippen molar-refractivity contribution in [2.24, 2.45) is 0 Å². The molecule has 0 aliphatic carbocycles. The van der Waals surface area contributed by atoms with Crippen molar-refractivity contribution in [3.05, 3.63) is 29.6 Å². The molecular weight excluding hydrogens is 297 g/mol. The Morgan fingerprint density at radius 2 is 1.95 bits per heavy atom. The summed E-state index contributed by atoms with van der Waals surface area (Å²) in [6.45, 7) is 13.7. The third-order valence-electron chi connectivity index (χ3n) is 4.43. The molecule has 0 spiro atoms. The molecule has 2 N–H and O–H groups in total. The fourth-order valence-electron chi connectivity index (χ4n) is 1.71. The number of aliphatic hydroxyl groups excluding tert-OH is 1. The molecule has 0 aromatic heterocycles. The maximum absolute atomic E-state index is 13.4. The number of hydrogen-bond acceptors (Lipinski definition) is 3. The minimum Gasteiger partial charge on any atom is -0.417 e. The Hall–Kier alpha value is -0.913. The molecule has 0 aliphatic heterocycles. The highest BCUT2D eigenvalue weighted by Crippen LogP contribution is 2.36. The fraction of sp³-hybridized carbons (Fsp3) is 0.647. The first-order valence-corrected chi connectivity index (χ1v) is 10.8. The van der Waals surface area contributed by atoms with E-state index in [0.29, 0.717) is 30.8 Å². The van der Waals surface area contributed by atoms with Crippen molar-refractivity contribution in [1.29, 1.82) is 0 Å². The van der Waals surface area contributed by atoms with Crippen LogP contribution in [0.25, 0.3) is 0 Å². The Morgan fingerprint density at radius 3 is 2.50 bits per heavy atom. The molecule has 1 atom stereocenters. The van der Waals surface area contributed by atoms with Crippen LogP contribution in [0.2, 0.25) is 18.1 Å². The smallest absolute Gasteiger partial charge is 0.191 e. The van der Waals surface area contributed by atoms with Crippen LogP contribution in [0.15, 0.2) is 18.2 Å². The fourth-order valence-corrected chi connectivity index (χ4v) is 2.77. The molecule has 0 amide bonds. The van der Waals surface area contributed by atoms with Gasteiger partial charge in [-0.25, -0.2) is 4.39 Å². The normalized spacial score (nSPS) is 14.0. The van der Waals surface area contributed by atoms with E-state index in [2.05, 4.69) is 39.2 Å². The second-order valence-electron chi connectivity index (χ2n) is 7.40. The highest BCUT2D eigenvalue weighted by Gasteiger charge is 2.36. The molecule has 0 bridgehead atoms. The Morgan fingerprint density at radius 1 is 1.32 bits per heavy atom. The Labute approximate surface area is 135 Å². The van der Waals surface area contributed by atoms with Crippen molar-refractivity contribution in [1.82, 2.24) is 0 Å². The van der Waals surface area contributed by atoms with E-state index in [-0.39, 0.29) is 10.9 Å². The zero-order valence-electron chi connectivity index (χ0n) is 14.7. The highest BCUT2D eigenvalue weighted by atomic mass is 28.4. The maximum atomic E-state index is 13.4. The van der Waals surface area contributed by atoms with Crippen LogP contribution in [0.3, 0.4) is 0 Å². The van der Waals surface area contributed by atoms with Gasteiger partial charge >= 0.3 is 0 Å². The van der Waals surface area contributed by atoms with Crippen LogP contribution in [-0.2, 0) is 4.43 Å². The van der Waals surface area contributed by atoms with Crippen molar-refractivity contribution >= 4 is 14.0 Å². The average Bonchev–Trinajstić information content (AvgIpc) is 2.38. The van der Waals surface area contributed by atoms with Crippen LogP contribution >= 0.6 is 0 Å². The van der Waals surface area contributed by atoms with Gasteiger partial charge in [0.05, 0.1) is 6.10 Å². The van der Waals surface area contributed by atoms with E-state index in [4.69, 9.17) is 4.43 Å². The van der Waals surface area contributed by atoms with E-state index >= 15 is 0 Å². The number of benzene rings is 1. The number of aliphatic hydroxyl groups is 1. The number of hydrogen-bond donors (Lipinski definition) is 2. The molecule has 0 fully saturated rings. The van der Waals surface area contributed by atoms with Gasteiger partial charge in [-0.3, -0.25) is 0 Å². The van der Waals surface area contributed by atoms with Gasteiger partial charge in [0.25, 0.3) is 0 Å². The average molecular weight is 328 g/mol. The van der Waals surface area contributed by atoms with Crippen LogP contribution in [0.5, 0.6) is 0 Å². The lowest BCUT2D eigenvalue weighted by Gasteiger charge is -2.36. The van der Waals surface area contributed by atoms with Gasteiger partial charge in [0, 0.05) is 18.8 Å². The molecule has 0 saturated carbocycles. The van der Waals surface area contributed by atoms with Crippen LogP contribution in [0.1, 0.15) is 32.8 Å². The van der Waals surface area contributed by atoms with Gasteiger partial charge in [-0.05, 0) is 49.2 Å². The summed E-state index contributed by atoms with van der Waals surface area (Å²) in [6, 6.07) is 5.00. The highest BCUT2D eigenvalue weighted by molar-refractivity contribution is 6.74. The van der Waals surface area contributed by atoms with Crippen molar-refractivity contribution in [3.8, 4) is 0 Å². The largest absolute Gasteiger partial charge is 0.417 e. The third kappa shape index (κ3) is 5.70. The lowest BCUT2D eigenvalue weighted by Crippen LogP contribution is -2.41. The molecule has 126 valence electrons. The van der Waals surface area contributed by atoms with Gasteiger partial charge in [0.1, 0.15) is 5.82 Å². The summed E-state index contributed by atoms with van der Waals surface area (Å²) < 4.78 is 19.5. The molecule has 22 heavy (non-hydrogen) atoms. The van der Waals surface area contributed by atoms with Gasteiger partial charge in [-0.1, -0.05) is 26.8 Å². The van der Waals surface area contributed by atoms with E-state index in [9.17, 15) is 9.50 Å². The van der Waals surface area contributed by atoms with Crippen molar-refractivity contribution in [2.75, 3.05) is 18.5 Å². The molecule has 1 rings (SSSR count). The zero-order chi connectivity index (χ0) is 17.0. The molecule has 1 aromatic carbocycles. The SMILES string of the molecule is Cc1ccc(NCC(O)CCO[Si](C)(C)C(C)(C)C)cc1F. The summed E-state index contributed by atoms with van der Waals surface area (Å²) in [7, 11) is -1.75. The van der Waals surface area contributed by atoms with E-state index < -0.39 is 14.4 Å². The summed E-state index contributed by atoms with van der Waals surface area (Å²) in [5, 5.41) is 13.2. The molecule has 3 nitrogen and oxygen atoms in total. The van der Waals surface area contributed by atoms with E-state index in [1.807, 2.05) is 6.07 Å². The Bertz CT molecular complexity index is 486. The van der Waals surface area contributed by atoms with Crippen LogP contribution < -0.4 is 5.32 Å². The molecule has 0 heterocycles. The summed E-state index contributed by atoms with van der Waals surface area (Å²) in [4.78, 5) is 0. The summed E-state index contributed by atoms with van der Waals surface area (Å²) in [5.41, 5.74) is 1.31. The Balaban J connectivity index is 2.35. The lowest BCUT2D eigenvalue weighted by atomic mass is 10.2. The van der Waals surface area contributed by atoms with Crippen LogP contribution in [0, 0.1) is 12.7 Å². The van der Waals surface area contributed by atoms with E-state index in [1.54, 1.807) is 13.0 Å². The summed E-state index contributed by atoms with van der Waals surface area (Å²) >= 11 is 0. The number of halogens is 1. The summed E-state index contributed by atoms with van der Waals surface area (Å²) in [6.07, 6.45) is 0.0718. The van der Waals surface area contributed by atoms with E-state index in [1.165, 1.54) is 6.07 Å². The van der Waals surface area contributed by atoms with Crippen molar-refractivity contribution in [2.45, 2.75) is 58.4 Å². The van der Waals surface area contributed by atoms with Gasteiger partial charge in [0.2, 0.25) is 0 Å². The zero-order valence-corrected chi connectivity index (χ0v) is 15.7. The Kier molecular flexibility index (Phi) is 6.59. The van der Waals surface area contributed by atoms with Crippen molar-refractivity contribution < 1.29 is 13.9 Å². The first-order chi connectivity index (χ1) is 10.0. The minimum atomic E-state index is -1.75. The minimum absolute atomic E-state index is 0.176. The standard InChI is InChI=1S/C17H30FNO2Si/c1-13-7-8-14(11-16(13)18)19-12-15(20)9-10-21-22(5,6)17(2,3)4/h7-8,11,15,19-20H,9-10,12H2,1-6H3. The molecular formula is C17H30FNO2Si. The van der Waals surface area contributed by atoms with Crippen LogP contribution in [-0.4, -0.2) is 32.7 Å². The van der Waals surface area contributed by atoms with E-state index in [0.717, 1.165) is 0 Å².